The quantitative estimate of drug-likeness (QED) is 0.586. The van der Waals surface area contributed by atoms with Crippen LogP contribution in [0.4, 0.5) is 0 Å². The molecule has 0 unspecified atom stereocenters. The lowest BCUT2D eigenvalue weighted by Gasteiger charge is -1.86. The largest absolute Gasteiger partial charge is 0.317 e. The number of nitrogens with one attached hydrogen (secondary N) is 1. The van der Waals surface area contributed by atoms with Gasteiger partial charge < -0.3 is 5.32 Å². The summed E-state index contributed by atoms with van der Waals surface area (Å²) >= 11 is 0. The third-order valence-corrected chi connectivity index (χ3v) is 0.500. The van der Waals surface area contributed by atoms with Crippen molar-refractivity contribution in [1.82, 2.24) is 5.32 Å². The third kappa shape index (κ3) is 65.8. The summed E-state index contributed by atoms with van der Waals surface area (Å²) in [5.41, 5.74) is 0. The van der Waals surface area contributed by atoms with E-state index in [1.54, 1.807) is 0 Å². The Morgan fingerprint density at radius 3 is 1.22 bits per heavy atom. The van der Waals surface area contributed by atoms with Crippen LogP contribution in [0.25, 0.3) is 0 Å². The van der Waals surface area contributed by atoms with Gasteiger partial charge in [0.2, 0.25) is 0 Å². The smallest absolute Gasteiger partial charge is 0.0274 e. The van der Waals surface area contributed by atoms with Crippen molar-refractivity contribution in [3.05, 3.63) is 0 Å². The van der Waals surface area contributed by atoms with Crippen LogP contribution in [0.15, 0.2) is 0 Å². The summed E-state index contributed by atoms with van der Waals surface area (Å²) in [6.07, 6.45) is 0. The van der Waals surface area contributed by atoms with Crippen LogP contribution in [0.5, 0.6) is 0 Å². The molecule has 0 fully saturated rings. The maximum atomic E-state index is 3.11. The molecule has 0 aliphatic heterocycles. The highest BCUT2D eigenvalue weighted by molar-refractivity contribution is 6.54. The predicted octanol–water partition coefficient (Wildman–Crippen LogP) is 1.72. The molecule has 0 rings (SSSR count). The zero-order valence-electron chi connectivity index (χ0n) is 7.49. The average molecular weight is 147 g/mol. The van der Waals surface area contributed by atoms with Gasteiger partial charge >= 0.3 is 0 Å². The van der Waals surface area contributed by atoms with Crippen molar-refractivity contribution in [3.8, 4) is 0 Å². The van der Waals surface area contributed by atoms with Gasteiger partial charge in [0.15, 0.2) is 0 Å². The van der Waals surface area contributed by atoms with Crippen LogP contribution in [-0.2, 0) is 0 Å². The first-order chi connectivity index (χ1) is 4.15. The number of hydrogen-bond acceptors (Lipinski definition) is 1. The predicted molar refractivity (Wildman–Crippen MR) is 49.0 cm³/mol. The molecular formula is C7H21NSi. The van der Waals surface area contributed by atoms with Gasteiger partial charge in [0, 0.05) is 8.80 Å². The van der Waals surface area contributed by atoms with E-state index in [9.17, 15) is 0 Å². The van der Waals surface area contributed by atoms with Gasteiger partial charge in [-0.3, -0.25) is 0 Å². The highest BCUT2D eigenvalue weighted by Gasteiger charge is 1.71. The minimum atomic E-state index is -0.139. The van der Waals surface area contributed by atoms with Gasteiger partial charge in [0.1, 0.15) is 0 Å². The van der Waals surface area contributed by atoms with Crippen LogP contribution in [-0.4, -0.2) is 21.9 Å². The van der Waals surface area contributed by atoms with Crippen LogP contribution in [0.3, 0.4) is 0 Å². The monoisotopic (exact) mass is 147 g/mol. The zero-order valence-corrected chi connectivity index (χ0v) is 8.65. The molecule has 9 heavy (non-hydrogen) atoms. The zero-order chi connectivity index (χ0) is 7.70. The summed E-state index contributed by atoms with van der Waals surface area (Å²) in [5, 5.41) is 3.11. The fourth-order valence-corrected chi connectivity index (χ4v) is 0.250. The van der Waals surface area contributed by atoms with E-state index in [0.717, 1.165) is 13.1 Å². The van der Waals surface area contributed by atoms with Gasteiger partial charge in [-0.25, -0.2) is 0 Å². The molecule has 0 saturated carbocycles. The van der Waals surface area contributed by atoms with Crippen LogP contribution < -0.4 is 5.32 Å². The lowest BCUT2D eigenvalue weighted by molar-refractivity contribution is 0.762. The average Bonchev–Trinajstić information content (AvgIpc) is 1.66. The van der Waals surface area contributed by atoms with E-state index in [-0.39, 0.29) is 8.80 Å². The van der Waals surface area contributed by atoms with E-state index in [1.807, 2.05) is 0 Å². The Balaban J connectivity index is 0. The van der Waals surface area contributed by atoms with E-state index in [4.69, 9.17) is 0 Å². The molecule has 0 aliphatic carbocycles. The standard InChI is InChI=1S/C4H11N.C3H10Si/c1-3-5-4-2;1-4(2)3/h5H,3-4H2,1-2H3;4H,1-3H3. The Morgan fingerprint density at radius 2 is 1.22 bits per heavy atom. The normalized spacial score (nSPS) is 8.67. The maximum Gasteiger partial charge on any atom is 0.0274 e. The summed E-state index contributed by atoms with van der Waals surface area (Å²) in [4.78, 5) is 0. The molecule has 2 heteroatoms. The van der Waals surface area contributed by atoms with Gasteiger partial charge in [-0.15, -0.1) is 0 Å². The summed E-state index contributed by atoms with van der Waals surface area (Å²) in [7, 11) is -0.139. The molecule has 0 aromatic rings. The molecule has 0 aromatic carbocycles. The van der Waals surface area contributed by atoms with Crippen LogP contribution in [0.1, 0.15) is 13.8 Å². The molecule has 0 aliphatic rings. The van der Waals surface area contributed by atoms with E-state index >= 15 is 0 Å². The number of rotatable bonds is 2. The van der Waals surface area contributed by atoms with Crippen molar-refractivity contribution in [3.63, 3.8) is 0 Å². The van der Waals surface area contributed by atoms with E-state index in [2.05, 4.69) is 38.8 Å². The Labute approximate surface area is 61.5 Å². The van der Waals surface area contributed by atoms with Gasteiger partial charge in [-0.1, -0.05) is 33.5 Å². The Morgan fingerprint density at radius 1 is 1.00 bits per heavy atom. The molecule has 0 heterocycles. The highest BCUT2D eigenvalue weighted by Crippen LogP contribution is 1.68. The molecule has 0 bridgehead atoms. The summed E-state index contributed by atoms with van der Waals surface area (Å²) in [6.45, 7) is 13.3. The summed E-state index contributed by atoms with van der Waals surface area (Å²) in [6, 6.07) is 0. The molecule has 0 aromatic heterocycles. The molecule has 58 valence electrons. The fraction of sp³-hybridized carbons (Fsp3) is 1.00. The molecule has 0 saturated heterocycles. The molecule has 0 amide bonds. The van der Waals surface area contributed by atoms with Gasteiger partial charge in [-0.05, 0) is 13.1 Å². The van der Waals surface area contributed by atoms with Crippen molar-refractivity contribution in [2.24, 2.45) is 0 Å². The second-order valence-corrected chi connectivity index (χ2v) is 6.15. The Hall–Kier alpha value is 0.177. The Bertz CT molecular complexity index is 33.1. The minimum absolute atomic E-state index is 0.139. The molecule has 1 nitrogen and oxygen atoms in total. The van der Waals surface area contributed by atoms with E-state index < -0.39 is 0 Å². The van der Waals surface area contributed by atoms with Crippen molar-refractivity contribution in [1.29, 1.82) is 0 Å². The third-order valence-electron chi connectivity index (χ3n) is 0.500. The first-order valence-corrected chi connectivity index (χ1v) is 7.32. The van der Waals surface area contributed by atoms with Crippen molar-refractivity contribution >= 4 is 8.80 Å². The van der Waals surface area contributed by atoms with E-state index in [1.165, 1.54) is 0 Å². The molecule has 0 spiro atoms. The van der Waals surface area contributed by atoms with E-state index in [0.29, 0.717) is 0 Å². The first kappa shape index (κ1) is 11.9. The van der Waals surface area contributed by atoms with Crippen molar-refractivity contribution in [2.75, 3.05) is 13.1 Å². The second kappa shape index (κ2) is 11.0. The fourth-order valence-electron chi connectivity index (χ4n) is 0.250. The van der Waals surface area contributed by atoms with Crippen molar-refractivity contribution in [2.45, 2.75) is 33.5 Å². The molecule has 1 N–H and O–H groups in total. The molecular weight excluding hydrogens is 126 g/mol. The second-order valence-electron chi connectivity index (χ2n) is 2.69. The van der Waals surface area contributed by atoms with Crippen LogP contribution >= 0.6 is 0 Å². The summed E-state index contributed by atoms with van der Waals surface area (Å²) < 4.78 is 0. The van der Waals surface area contributed by atoms with Crippen molar-refractivity contribution < 1.29 is 0 Å². The Kier molecular flexibility index (Phi) is 14.6. The molecule has 0 radical (unpaired) electrons. The lowest BCUT2D eigenvalue weighted by atomic mass is 10.7. The first-order valence-electron chi connectivity index (χ1n) is 3.85. The van der Waals surface area contributed by atoms with Crippen LogP contribution in [0.2, 0.25) is 19.6 Å². The topological polar surface area (TPSA) is 12.0 Å². The summed E-state index contributed by atoms with van der Waals surface area (Å²) in [5.74, 6) is 0. The van der Waals surface area contributed by atoms with Gasteiger partial charge in [0.05, 0.1) is 0 Å². The maximum absolute atomic E-state index is 3.11. The highest BCUT2D eigenvalue weighted by atomic mass is 28.3. The van der Waals surface area contributed by atoms with Crippen LogP contribution in [0, 0.1) is 0 Å². The minimum Gasteiger partial charge on any atom is -0.317 e. The lowest BCUT2D eigenvalue weighted by Crippen LogP contribution is -2.09. The molecule has 0 atom stereocenters. The van der Waals surface area contributed by atoms with Gasteiger partial charge in [0.25, 0.3) is 0 Å². The van der Waals surface area contributed by atoms with Gasteiger partial charge in [-0.2, -0.15) is 0 Å². The number of hydrogen-bond donors (Lipinski definition) is 1. The SMILES string of the molecule is CCNCC.C[SiH](C)C.